The van der Waals surface area contributed by atoms with Crippen LogP contribution in [0.4, 0.5) is 8.78 Å². The van der Waals surface area contributed by atoms with Crippen LogP contribution in [0.5, 0.6) is 0 Å². The van der Waals surface area contributed by atoms with E-state index >= 15 is 0 Å². The van der Waals surface area contributed by atoms with E-state index in [1.807, 2.05) is 6.92 Å². The molecule has 1 heterocycles. The summed E-state index contributed by atoms with van der Waals surface area (Å²) in [5, 5.41) is 8.87. The zero-order valence-electron chi connectivity index (χ0n) is 6.56. The summed E-state index contributed by atoms with van der Waals surface area (Å²) in [6.07, 6.45) is -1.26. The number of aliphatic hydroxyl groups excluding tert-OH is 1. The van der Waals surface area contributed by atoms with Gasteiger partial charge < -0.3 is 5.11 Å². The lowest BCUT2D eigenvalue weighted by Crippen LogP contribution is -2.51. The minimum atomic E-state index is -2.91. The van der Waals surface area contributed by atoms with Crippen molar-refractivity contribution < 1.29 is 13.9 Å². The molecule has 1 atom stereocenters. The highest BCUT2D eigenvalue weighted by atomic mass is 19.3. The van der Waals surface area contributed by atoms with Gasteiger partial charge in [-0.25, -0.2) is 8.78 Å². The molecule has 1 aliphatic rings. The topological polar surface area (TPSA) is 23.5 Å². The van der Waals surface area contributed by atoms with Crippen LogP contribution in [0.3, 0.4) is 0 Å². The first kappa shape index (κ1) is 8.87. The fourth-order valence-electron chi connectivity index (χ4n) is 1.27. The van der Waals surface area contributed by atoms with Gasteiger partial charge in [-0.05, 0) is 13.0 Å². The molecule has 0 aromatic heterocycles. The first-order chi connectivity index (χ1) is 5.06. The zero-order valence-corrected chi connectivity index (χ0v) is 6.56. The second-order valence-corrected chi connectivity index (χ2v) is 2.93. The minimum absolute atomic E-state index is 0.181. The van der Waals surface area contributed by atoms with Gasteiger partial charge in [0, 0.05) is 6.54 Å². The lowest BCUT2D eigenvalue weighted by Gasteiger charge is -2.35. The molecule has 1 saturated heterocycles. The molecule has 1 fully saturated rings. The van der Waals surface area contributed by atoms with E-state index in [4.69, 9.17) is 5.11 Å². The highest BCUT2D eigenvalue weighted by molar-refractivity contribution is 4.85. The lowest BCUT2D eigenvalue weighted by molar-refractivity contribution is -0.148. The SMILES string of the molecule is CCN1CCC(O)C(F)(F)C1. The molecule has 0 bridgehead atoms. The maximum absolute atomic E-state index is 12.7. The second kappa shape index (κ2) is 3.03. The Labute approximate surface area is 64.8 Å². The molecule has 1 rings (SSSR count). The third-order valence-corrected chi connectivity index (χ3v) is 2.09. The summed E-state index contributed by atoms with van der Waals surface area (Å²) >= 11 is 0. The van der Waals surface area contributed by atoms with Gasteiger partial charge in [-0.1, -0.05) is 6.92 Å². The molecule has 0 spiro atoms. The second-order valence-electron chi connectivity index (χ2n) is 2.93. The number of hydrogen-bond donors (Lipinski definition) is 1. The van der Waals surface area contributed by atoms with E-state index in [2.05, 4.69) is 0 Å². The van der Waals surface area contributed by atoms with Crippen LogP contribution in [0.2, 0.25) is 0 Å². The van der Waals surface area contributed by atoms with Crippen LogP contribution in [0.1, 0.15) is 13.3 Å². The number of halogens is 2. The number of alkyl halides is 2. The van der Waals surface area contributed by atoms with Crippen molar-refractivity contribution in [1.29, 1.82) is 0 Å². The van der Waals surface area contributed by atoms with Crippen molar-refractivity contribution in [1.82, 2.24) is 4.90 Å². The molecule has 66 valence electrons. The fourth-order valence-corrected chi connectivity index (χ4v) is 1.27. The Morgan fingerprint density at radius 2 is 2.27 bits per heavy atom. The van der Waals surface area contributed by atoms with Gasteiger partial charge in [-0.3, -0.25) is 4.90 Å². The zero-order chi connectivity index (χ0) is 8.48. The van der Waals surface area contributed by atoms with Gasteiger partial charge in [0.1, 0.15) is 6.10 Å². The number of aliphatic hydroxyl groups is 1. The molecule has 1 unspecified atom stereocenters. The average molecular weight is 165 g/mol. The number of nitrogens with zero attached hydrogens (tertiary/aromatic N) is 1. The Kier molecular flexibility index (Phi) is 2.44. The van der Waals surface area contributed by atoms with Crippen LogP contribution >= 0.6 is 0 Å². The summed E-state index contributed by atoms with van der Waals surface area (Å²) in [7, 11) is 0. The van der Waals surface area contributed by atoms with E-state index in [1.54, 1.807) is 4.90 Å². The Bertz CT molecular complexity index is 140. The van der Waals surface area contributed by atoms with Crippen molar-refractivity contribution in [2.24, 2.45) is 0 Å². The van der Waals surface area contributed by atoms with E-state index in [1.165, 1.54) is 0 Å². The van der Waals surface area contributed by atoms with Crippen molar-refractivity contribution in [3.05, 3.63) is 0 Å². The predicted molar refractivity (Wildman–Crippen MR) is 37.7 cm³/mol. The maximum atomic E-state index is 12.7. The van der Waals surface area contributed by atoms with Crippen LogP contribution < -0.4 is 0 Å². The van der Waals surface area contributed by atoms with Gasteiger partial charge in [-0.2, -0.15) is 0 Å². The number of piperidine rings is 1. The quantitative estimate of drug-likeness (QED) is 0.618. The summed E-state index contributed by atoms with van der Waals surface area (Å²) in [6, 6.07) is 0. The number of likely N-dealkylation sites (tertiary alicyclic amines) is 1. The fraction of sp³-hybridized carbons (Fsp3) is 1.00. The van der Waals surface area contributed by atoms with Crippen LogP contribution in [0.25, 0.3) is 0 Å². The molecular formula is C7H13F2NO. The molecular weight excluding hydrogens is 152 g/mol. The van der Waals surface area contributed by atoms with E-state index in [0.29, 0.717) is 13.1 Å². The van der Waals surface area contributed by atoms with Crippen molar-refractivity contribution in [3.63, 3.8) is 0 Å². The third-order valence-electron chi connectivity index (χ3n) is 2.09. The monoisotopic (exact) mass is 165 g/mol. The van der Waals surface area contributed by atoms with Gasteiger partial charge in [0.05, 0.1) is 6.54 Å². The molecule has 4 heteroatoms. The van der Waals surface area contributed by atoms with E-state index in [-0.39, 0.29) is 13.0 Å². The molecule has 1 aliphatic heterocycles. The van der Waals surface area contributed by atoms with Gasteiger partial charge >= 0.3 is 0 Å². The van der Waals surface area contributed by atoms with Crippen molar-refractivity contribution in [2.45, 2.75) is 25.4 Å². The van der Waals surface area contributed by atoms with Crippen LogP contribution in [-0.2, 0) is 0 Å². The smallest absolute Gasteiger partial charge is 0.285 e. The molecule has 11 heavy (non-hydrogen) atoms. The largest absolute Gasteiger partial charge is 0.387 e. The molecule has 1 N–H and O–H groups in total. The maximum Gasteiger partial charge on any atom is 0.285 e. The van der Waals surface area contributed by atoms with E-state index in [9.17, 15) is 8.78 Å². The van der Waals surface area contributed by atoms with E-state index < -0.39 is 12.0 Å². The van der Waals surface area contributed by atoms with Crippen molar-refractivity contribution >= 4 is 0 Å². The van der Waals surface area contributed by atoms with Crippen LogP contribution in [0, 0.1) is 0 Å². The van der Waals surface area contributed by atoms with Gasteiger partial charge in [0.25, 0.3) is 5.92 Å². The van der Waals surface area contributed by atoms with Gasteiger partial charge in [0.15, 0.2) is 0 Å². The molecule has 0 saturated carbocycles. The molecule has 0 aromatic rings. The van der Waals surface area contributed by atoms with Crippen molar-refractivity contribution in [3.8, 4) is 0 Å². The third kappa shape index (κ3) is 1.87. The average Bonchev–Trinajstić information content (AvgIpc) is 1.95. The Balaban J connectivity index is 2.52. The molecule has 0 amide bonds. The van der Waals surface area contributed by atoms with Gasteiger partial charge in [0.2, 0.25) is 0 Å². The molecule has 0 aromatic carbocycles. The summed E-state index contributed by atoms with van der Waals surface area (Å²) in [5.74, 6) is -2.91. The predicted octanol–water partition coefficient (Wildman–Crippen LogP) is 0.708. The number of rotatable bonds is 1. The minimum Gasteiger partial charge on any atom is -0.387 e. The highest BCUT2D eigenvalue weighted by Gasteiger charge is 2.42. The standard InChI is InChI=1S/C7H13F2NO/c1-2-10-4-3-6(11)7(8,9)5-10/h6,11H,2-5H2,1H3. The normalized spacial score (nSPS) is 32.2. The Morgan fingerprint density at radius 3 is 2.73 bits per heavy atom. The summed E-state index contributed by atoms with van der Waals surface area (Å²) in [5.41, 5.74) is 0. The molecule has 0 radical (unpaired) electrons. The summed E-state index contributed by atoms with van der Waals surface area (Å²) in [6.45, 7) is 2.74. The summed E-state index contributed by atoms with van der Waals surface area (Å²) < 4.78 is 25.5. The molecule has 0 aliphatic carbocycles. The Hall–Kier alpha value is -0.220. The molecule has 2 nitrogen and oxygen atoms in total. The van der Waals surface area contributed by atoms with Crippen LogP contribution in [-0.4, -0.2) is 41.7 Å². The summed E-state index contributed by atoms with van der Waals surface area (Å²) in [4.78, 5) is 1.65. The van der Waals surface area contributed by atoms with Crippen LogP contribution in [0.15, 0.2) is 0 Å². The highest BCUT2D eigenvalue weighted by Crippen LogP contribution is 2.26. The first-order valence-electron chi connectivity index (χ1n) is 3.84. The Morgan fingerprint density at radius 1 is 1.64 bits per heavy atom. The lowest BCUT2D eigenvalue weighted by atomic mass is 10.0. The van der Waals surface area contributed by atoms with Gasteiger partial charge in [-0.15, -0.1) is 0 Å². The van der Waals surface area contributed by atoms with Crippen molar-refractivity contribution in [2.75, 3.05) is 19.6 Å². The first-order valence-corrected chi connectivity index (χ1v) is 3.84. The number of hydrogen-bond acceptors (Lipinski definition) is 2. The van der Waals surface area contributed by atoms with E-state index in [0.717, 1.165) is 0 Å².